The standard InChI is InChI=1S/C20H14N6O3/c27-26(28)19-9-8-18(29-19)13-23-22-12-16-14-25(17-6-2-1-3-7-17)24-20(16)15-5-4-10-21-11-15/h1-14H. The van der Waals surface area contributed by atoms with Gasteiger partial charge in [-0.05, 0) is 30.3 Å². The van der Waals surface area contributed by atoms with Crippen LogP contribution in [-0.4, -0.2) is 32.1 Å². The van der Waals surface area contributed by atoms with Crippen LogP contribution in [0.4, 0.5) is 5.88 Å². The summed E-state index contributed by atoms with van der Waals surface area (Å²) in [4.78, 5) is 14.2. The second-order valence-electron chi connectivity index (χ2n) is 5.88. The average molecular weight is 386 g/mol. The summed E-state index contributed by atoms with van der Waals surface area (Å²) in [5.41, 5.74) is 3.19. The third-order valence-corrected chi connectivity index (χ3v) is 3.94. The number of hydrogen-bond acceptors (Lipinski definition) is 7. The molecule has 0 saturated carbocycles. The largest absolute Gasteiger partial charge is 0.433 e. The Balaban J connectivity index is 1.63. The maximum atomic E-state index is 10.6. The Labute approximate surface area is 164 Å². The molecule has 0 aliphatic rings. The van der Waals surface area contributed by atoms with Gasteiger partial charge in [0.05, 0.1) is 24.2 Å². The van der Waals surface area contributed by atoms with E-state index in [2.05, 4.69) is 20.3 Å². The zero-order valence-electron chi connectivity index (χ0n) is 15.0. The smallest absolute Gasteiger partial charge is 0.400 e. The van der Waals surface area contributed by atoms with Gasteiger partial charge in [0.2, 0.25) is 0 Å². The Hall–Kier alpha value is -4.40. The number of para-hydroxylation sites is 1. The summed E-state index contributed by atoms with van der Waals surface area (Å²) in [7, 11) is 0. The summed E-state index contributed by atoms with van der Waals surface area (Å²) >= 11 is 0. The highest BCUT2D eigenvalue weighted by molar-refractivity contribution is 5.89. The Morgan fingerprint density at radius 1 is 1.03 bits per heavy atom. The van der Waals surface area contributed by atoms with E-state index in [9.17, 15) is 10.1 Å². The fourth-order valence-electron chi connectivity index (χ4n) is 2.62. The van der Waals surface area contributed by atoms with Gasteiger partial charge in [0.1, 0.15) is 10.6 Å². The third kappa shape index (κ3) is 4.14. The molecule has 0 aliphatic heterocycles. The van der Waals surface area contributed by atoms with Gasteiger partial charge in [-0.25, -0.2) is 4.68 Å². The van der Waals surface area contributed by atoms with Crippen molar-refractivity contribution in [3.05, 3.63) is 94.6 Å². The highest BCUT2D eigenvalue weighted by Gasteiger charge is 2.12. The lowest BCUT2D eigenvalue weighted by atomic mass is 10.1. The van der Waals surface area contributed by atoms with E-state index in [1.807, 2.05) is 48.7 Å². The molecule has 0 fully saturated rings. The molecule has 0 amide bonds. The lowest BCUT2D eigenvalue weighted by Crippen LogP contribution is -1.94. The van der Waals surface area contributed by atoms with E-state index in [0.29, 0.717) is 5.69 Å². The average Bonchev–Trinajstić information content (AvgIpc) is 3.40. The van der Waals surface area contributed by atoms with E-state index < -0.39 is 4.92 Å². The van der Waals surface area contributed by atoms with Gasteiger partial charge in [-0.15, -0.1) is 0 Å². The molecule has 4 aromatic rings. The summed E-state index contributed by atoms with van der Waals surface area (Å²) in [5.74, 6) is -0.111. The molecule has 0 bridgehead atoms. The first-order valence-electron chi connectivity index (χ1n) is 8.57. The molecule has 0 aliphatic carbocycles. The van der Waals surface area contributed by atoms with Crippen molar-refractivity contribution in [2.24, 2.45) is 10.2 Å². The monoisotopic (exact) mass is 386 g/mol. The third-order valence-electron chi connectivity index (χ3n) is 3.94. The van der Waals surface area contributed by atoms with E-state index in [4.69, 9.17) is 4.42 Å². The highest BCUT2D eigenvalue weighted by Crippen LogP contribution is 2.22. The van der Waals surface area contributed by atoms with Crippen molar-refractivity contribution < 1.29 is 9.34 Å². The molecule has 0 saturated heterocycles. The first-order valence-corrected chi connectivity index (χ1v) is 8.57. The zero-order chi connectivity index (χ0) is 20.1. The first-order chi connectivity index (χ1) is 14.2. The molecule has 3 aromatic heterocycles. The van der Waals surface area contributed by atoms with Crippen LogP contribution in [0.2, 0.25) is 0 Å². The zero-order valence-corrected chi connectivity index (χ0v) is 15.0. The van der Waals surface area contributed by atoms with Crippen LogP contribution in [0.1, 0.15) is 11.3 Å². The molecule has 0 unspecified atom stereocenters. The van der Waals surface area contributed by atoms with Gasteiger partial charge >= 0.3 is 5.88 Å². The van der Waals surface area contributed by atoms with Crippen molar-refractivity contribution in [2.75, 3.05) is 0 Å². The van der Waals surface area contributed by atoms with Crippen molar-refractivity contribution in [1.82, 2.24) is 14.8 Å². The van der Waals surface area contributed by atoms with E-state index in [1.165, 1.54) is 18.3 Å². The van der Waals surface area contributed by atoms with Crippen LogP contribution in [0.3, 0.4) is 0 Å². The Bertz CT molecular complexity index is 1180. The minimum Gasteiger partial charge on any atom is -0.400 e. The van der Waals surface area contributed by atoms with E-state index >= 15 is 0 Å². The van der Waals surface area contributed by atoms with Crippen LogP contribution in [0, 0.1) is 10.1 Å². The Kier molecular flexibility index (Phi) is 5.02. The molecular formula is C20H14N6O3. The number of nitro groups is 1. The van der Waals surface area contributed by atoms with Gasteiger partial charge in [0, 0.05) is 29.7 Å². The lowest BCUT2D eigenvalue weighted by Gasteiger charge is -1.99. The van der Waals surface area contributed by atoms with Crippen molar-refractivity contribution in [2.45, 2.75) is 0 Å². The predicted octanol–water partition coefficient (Wildman–Crippen LogP) is 3.89. The molecule has 142 valence electrons. The van der Waals surface area contributed by atoms with Gasteiger partial charge in [0.25, 0.3) is 0 Å². The van der Waals surface area contributed by atoms with E-state index in [1.54, 1.807) is 23.3 Å². The topological polar surface area (TPSA) is 112 Å². The van der Waals surface area contributed by atoms with E-state index in [0.717, 1.165) is 16.8 Å². The summed E-state index contributed by atoms with van der Waals surface area (Å²) in [5, 5.41) is 23.2. The molecule has 9 heteroatoms. The molecule has 9 nitrogen and oxygen atoms in total. The van der Waals surface area contributed by atoms with Crippen LogP contribution < -0.4 is 0 Å². The fourth-order valence-corrected chi connectivity index (χ4v) is 2.62. The van der Waals surface area contributed by atoms with Crippen molar-refractivity contribution in [3.8, 4) is 16.9 Å². The van der Waals surface area contributed by atoms with Gasteiger partial charge in [0.15, 0.2) is 5.76 Å². The maximum Gasteiger partial charge on any atom is 0.433 e. The molecule has 0 radical (unpaired) electrons. The number of aromatic nitrogens is 3. The van der Waals surface area contributed by atoms with Gasteiger partial charge in [-0.2, -0.15) is 15.3 Å². The molecule has 29 heavy (non-hydrogen) atoms. The van der Waals surface area contributed by atoms with Crippen LogP contribution >= 0.6 is 0 Å². The van der Waals surface area contributed by atoms with Crippen LogP contribution in [-0.2, 0) is 0 Å². The minimum absolute atomic E-state index is 0.237. The molecule has 1 aromatic carbocycles. The second kappa shape index (κ2) is 8.09. The highest BCUT2D eigenvalue weighted by atomic mass is 16.6. The Morgan fingerprint density at radius 2 is 1.86 bits per heavy atom. The first kappa shape index (κ1) is 18.0. The number of pyridine rings is 1. The summed E-state index contributed by atoms with van der Waals surface area (Å²) in [6.45, 7) is 0. The van der Waals surface area contributed by atoms with Crippen LogP contribution in [0.5, 0.6) is 0 Å². The molecule has 3 heterocycles. The normalized spacial score (nSPS) is 11.4. The molecule has 0 N–H and O–H groups in total. The number of benzene rings is 1. The number of rotatable bonds is 6. The molecular weight excluding hydrogens is 372 g/mol. The summed E-state index contributed by atoms with van der Waals surface area (Å²) in [6, 6.07) is 16.1. The van der Waals surface area contributed by atoms with Gasteiger partial charge < -0.3 is 4.42 Å². The quantitative estimate of drug-likeness (QED) is 0.283. The van der Waals surface area contributed by atoms with Crippen LogP contribution in [0.25, 0.3) is 16.9 Å². The SMILES string of the molecule is O=[N+]([O-])c1ccc(C=NN=Cc2cn(-c3ccccc3)nc2-c2cccnc2)o1. The van der Waals surface area contributed by atoms with E-state index in [-0.39, 0.29) is 11.6 Å². The van der Waals surface area contributed by atoms with Crippen molar-refractivity contribution in [3.63, 3.8) is 0 Å². The minimum atomic E-state index is -0.612. The van der Waals surface area contributed by atoms with Crippen LogP contribution in [0.15, 0.2) is 87.8 Å². The fraction of sp³-hybridized carbons (Fsp3) is 0. The van der Waals surface area contributed by atoms with Crippen molar-refractivity contribution in [1.29, 1.82) is 0 Å². The molecule has 4 rings (SSSR count). The Morgan fingerprint density at radius 3 is 2.59 bits per heavy atom. The number of nitrogens with zero attached hydrogens (tertiary/aromatic N) is 6. The molecule has 0 spiro atoms. The maximum absolute atomic E-state index is 10.6. The second-order valence-corrected chi connectivity index (χ2v) is 5.88. The van der Waals surface area contributed by atoms with Crippen molar-refractivity contribution >= 4 is 18.3 Å². The predicted molar refractivity (Wildman–Crippen MR) is 107 cm³/mol. The molecule has 0 atom stereocenters. The number of hydrogen-bond donors (Lipinski definition) is 0. The lowest BCUT2D eigenvalue weighted by molar-refractivity contribution is -0.402. The van der Waals surface area contributed by atoms with Gasteiger partial charge in [-0.1, -0.05) is 18.2 Å². The van der Waals surface area contributed by atoms with Gasteiger partial charge in [-0.3, -0.25) is 15.1 Å². The summed E-state index contributed by atoms with van der Waals surface area (Å²) < 4.78 is 6.76. The summed E-state index contributed by atoms with van der Waals surface area (Å²) in [6.07, 6.45) is 8.12. The number of furan rings is 1.